The minimum Gasteiger partial charge on any atom is -0.396 e. The summed E-state index contributed by atoms with van der Waals surface area (Å²) in [4.78, 5) is 13.0. The summed E-state index contributed by atoms with van der Waals surface area (Å²) in [5, 5.41) is 17.5. The average Bonchev–Trinajstić information content (AvgIpc) is 2.35. The molecule has 0 aliphatic carbocycles. The van der Waals surface area contributed by atoms with Gasteiger partial charge in [-0.05, 0) is 18.1 Å². The van der Waals surface area contributed by atoms with E-state index >= 15 is 0 Å². The highest BCUT2D eigenvalue weighted by Gasteiger charge is 2.10. The third-order valence-corrected chi connectivity index (χ3v) is 3.34. The van der Waals surface area contributed by atoms with Crippen LogP contribution in [-0.4, -0.2) is 52.6 Å². The summed E-state index contributed by atoms with van der Waals surface area (Å²) in [6, 6.07) is 3.44. The molecule has 0 aliphatic rings. The van der Waals surface area contributed by atoms with E-state index in [9.17, 15) is 4.79 Å². The molecule has 1 aromatic rings. The standard InChI is InChI=1S/C11H17N3O2S/c1-8(6-15)7-17-10-5-4-9(12-13-10)11(16)14(2)3/h4-5,8,15H,6-7H2,1-3H3. The maximum Gasteiger partial charge on any atom is 0.273 e. The van der Waals surface area contributed by atoms with E-state index in [0.29, 0.717) is 5.69 Å². The molecule has 0 aliphatic heterocycles. The van der Waals surface area contributed by atoms with Gasteiger partial charge >= 0.3 is 0 Å². The molecular weight excluding hydrogens is 238 g/mol. The smallest absolute Gasteiger partial charge is 0.273 e. The molecule has 0 bridgehead atoms. The van der Waals surface area contributed by atoms with Gasteiger partial charge in [-0.1, -0.05) is 6.92 Å². The molecule has 0 aromatic carbocycles. The highest BCUT2D eigenvalue weighted by molar-refractivity contribution is 7.99. The lowest BCUT2D eigenvalue weighted by molar-refractivity contribution is 0.0820. The molecule has 1 N–H and O–H groups in total. The van der Waals surface area contributed by atoms with Crippen LogP contribution in [0.3, 0.4) is 0 Å². The van der Waals surface area contributed by atoms with Crippen molar-refractivity contribution < 1.29 is 9.90 Å². The molecular formula is C11H17N3O2S. The van der Waals surface area contributed by atoms with Crippen molar-refractivity contribution in [1.29, 1.82) is 0 Å². The first-order valence-corrected chi connectivity index (χ1v) is 6.32. The van der Waals surface area contributed by atoms with E-state index in [1.807, 2.05) is 6.92 Å². The van der Waals surface area contributed by atoms with Gasteiger partial charge in [-0.2, -0.15) is 0 Å². The normalized spacial score (nSPS) is 12.2. The van der Waals surface area contributed by atoms with Crippen molar-refractivity contribution in [3.05, 3.63) is 17.8 Å². The van der Waals surface area contributed by atoms with E-state index in [1.54, 1.807) is 26.2 Å². The molecule has 1 heterocycles. The predicted octanol–water partition coefficient (Wildman–Crippen LogP) is 0.899. The van der Waals surface area contributed by atoms with Crippen LogP contribution < -0.4 is 0 Å². The second-order valence-corrected chi connectivity index (χ2v) is 5.10. The molecule has 5 nitrogen and oxygen atoms in total. The maximum absolute atomic E-state index is 11.6. The first-order valence-electron chi connectivity index (χ1n) is 5.33. The van der Waals surface area contributed by atoms with Crippen LogP contribution in [0.5, 0.6) is 0 Å². The number of hydrogen-bond acceptors (Lipinski definition) is 5. The Bertz CT molecular complexity index is 367. The lowest BCUT2D eigenvalue weighted by atomic mass is 10.2. The maximum atomic E-state index is 11.6. The van der Waals surface area contributed by atoms with Crippen molar-refractivity contribution in [2.75, 3.05) is 26.5 Å². The number of hydrogen-bond donors (Lipinski definition) is 1. The quantitative estimate of drug-likeness (QED) is 0.792. The van der Waals surface area contributed by atoms with Crippen molar-refractivity contribution in [2.24, 2.45) is 5.92 Å². The van der Waals surface area contributed by atoms with E-state index < -0.39 is 0 Å². The molecule has 1 unspecified atom stereocenters. The molecule has 0 saturated carbocycles. The Kier molecular flexibility index (Phi) is 5.37. The third-order valence-electron chi connectivity index (χ3n) is 2.09. The SMILES string of the molecule is CC(CO)CSc1ccc(C(=O)N(C)C)nn1. The van der Waals surface area contributed by atoms with Crippen LogP contribution in [0.1, 0.15) is 17.4 Å². The number of aromatic nitrogens is 2. The molecule has 6 heteroatoms. The van der Waals surface area contributed by atoms with Gasteiger partial charge in [0.2, 0.25) is 0 Å². The molecule has 0 saturated heterocycles. The van der Waals surface area contributed by atoms with Gasteiger partial charge < -0.3 is 10.0 Å². The first kappa shape index (κ1) is 13.9. The van der Waals surface area contributed by atoms with E-state index in [1.165, 1.54) is 16.7 Å². The van der Waals surface area contributed by atoms with Gasteiger partial charge in [0.1, 0.15) is 5.03 Å². The van der Waals surface area contributed by atoms with E-state index in [-0.39, 0.29) is 18.4 Å². The average molecular weight is 255 g/mol. The summed E-state index contributed by atoms with van der Waals surface area (Å²) in [6.45, 7) is 2.13. The van der Waals surface area contributed by atoms with Crippen molar-refractivity contribution in [3.8, 4) is 0 Å². The lowest BCUT2D eigenvalue weighted by Crippen LogP contribution is -2.23. The Hall–Kier alpha value is -1.14. The van der Waals surface area contributed by atoms with Crippen LogP contribution in [0.2, 0.25) is 0 Å². The lowest BCUT2D eigenvalue weighted by Gasteiger charge is -2.09. The summed E-state index contributed by atoms with van der Waals surface area (Å²) in [5.74, 6) is 0.856. The Morgan fingerprint density at radius 2 is 2.18 bits per heavy atom. The second kappa shape index (κ2) is 6.56. The Labute approximate surface area is 105 Å². The zero-order chi connectivity index (χ0) is 12.8. The number of aliphatic hydroxyl groups is 1. The molecule has 0 radical (unpaired) electrons. The van der Waals surface area contributed by atoms with Gasteiger partial charge in [0, 0.05) is 26.5 Å². The second-order valence-electron chi connectivity index (χ2n) is 4.06. The van der Waals surface area contributed by atoms with E-state index in [4.69, 9.17) is 5.11 Å². The number of carbonyl (C=O) groups is 1. The Morgan fingerprint density at radius 3 is 2.65 bits per heavy atom. The van der Waals surface area contributed by atoms with Crippen LogP contribution in [0.25, 0.3) is 0 Å². The van der Waals surface area contributed by atoms with Crippen LogP contribution >= 0.6 is 11.8 Å². The number of carbonyl (C=O) groups excluding carboxylic acids is 1. The van der Waals surface area contributed by atoms with E-state index in [0.717, 1.165) is 10.8 Å². The molecule has 0 spiro atoms. The van der Waals surface area contributed by atoms with Crippen LogP contribution in [0.4, 0.5) is 0 Å². The number of aliphatic hydroxyl groups excluding tert-OH is 1. The summed E-state index contributed by atoms with van der Waals surface area (Å²) in [5.41, 5.74) is 0.342. The van der Waals surface area contributed by atoms with Crippen molar-refractivity contribution >= 4 is 17.7 Å². The van der Waals surface area contributed by atoms with Crippen LogP contribution in [0, 0.1) is 5.92 Å². The van der Waals surface area contributed by atoms with Crippen LogP contribution in [0.15, 0.2) is 17.2 Å². The minimum absolute atomic E-state index is 0.155. The molecule has 17 heavy (non-hydrogen) atoms. The summed E-state index contributed by atoms with van der Waals surface area (Å²) in [6.07, 6.45) is 0. The van der Waals surface area contributed by atoms with Crippen molar-refractivity contribution in [2.45, 2.75) is 11.9 Å². The van der Waals surface area contributed by atoms with Gasteiger partial charge in [-0.3, -0.25) is 4.79 Å². The van der Waals surface area contributed by atoms with Crippen molar-refractivity contribution in [3.63, 3.8) is 0 Å². The fourth-order valence-corrected chi connectivity index (χ4v) is 1.84. The number of thioether (sulfide) groups is 1. The summed E-state index contributed by atoms with van der Waals surface area (Å²) >= 11 is 1.52. The van der Waals surface area contributed by atoms with Gasteiger partial charge in [-0.15, -0.1) is 22.0 Å². The van der Waals surface area contributed by atoms with Gasteiger partial charge in [0.15, 0.2) is 5.69 Å². The molecule has 1 aromatic heterocycles. The van der Waals surface area contributed by atoms with Gasteiger partial charge in [0.25, 0.3) is 5.91 Å². The van der Waals surface area contributed by atoms with Crippen LogP contribution in [-0.2, 0) is 0 Å². The molecule has 94 valence electrons. The zero-order valence-electron chi connectivity index (χ0n) is 10.3. The molecule has 1 amide bonds. The Morgan fingerprint density at radius 1 is 1.47 bits per heavy atom. The molecule has 1 atom stereocenters. The van der Waals surface area contributed by atoms with Gasteiger partial charge in [-0.25, -0.2) is 0 Å². The number of rotatable bonds is 5. The number of nitrogens with zero attached hydrogens (tertiary/aromatic N) is 3. The van der Waals surface area contributed by atoms with E-state index in [2.05, 4.69) is 10.2 Å². The summed E-state index contributed by atoms with van der Waals surface area (Å²) < 4.78 is 0. The largest absolute Gasteiger partial charge is 0.396 e. The predicted molar refractivity (Wildman–Crippen MR) is 67.0 cm³/mol. The summed E-state index contributed by atoms with van der Waals surface area (Å²) in [7, 11) is 3.35. The first-order chi connectivity index (χ1) is 8.04. The number of amides is 1. The monoisotopic (exact) mass is 255 g/mol. The fourth-order valence-electron chi connectivity index (χ4n) is 1.02. The molecule has 1 rings (SSSR count). The highest BCUT2D eigenvalue weighted by Crippen LogP contribution is 2.17. The third kappa shape index (κ3) is 4.32. The Balaban J connectivity index is 2.59. The minimum atomic E-state index is -0.155. The fraction of sp³-hybridized carbons (Fsp3) is 0.545. The zero-order valence-corrected chi connectivity index (χ0v) is 11.1. The topological polar surface area (TPSA) is 66.3 Å². The van der Waals surface area contributed by atoms with Crippen molar-refractivity contribution in [1.82, 2.24) is 15.1 Å². The highest BCUT2D eigenvalue weighted by atomic mass is 32.2. The molecule has 0 fully saturated rings. The van der Waals surface area contributed by atoms with Gasteiger partial charge in [0.05, 0.1) is 0 Å².